The molecule has 3 fully saturated rings. The largest absolute Gasteiger partial charge is 0.459 e. The van der Waals surface area contributed by atoms with Crippen LogP contribution in [0.15, 0.2) is 0 Å². The summed E-state index contributed by atoms with van der Waals surface area (Å²) in [5.41, 5.74) is -1.70. The summed E-state index contributed by atoms with van der Waals surface area (Å²) in [7, 11) is 3.87. The number of ketones is 1. The Hall–Kier alpha value is -1.18. The second-order valence-corrected chi connectivity index (χ2v) is 12.6. The molecule has 3 rings (SSSR count). The number of hydrogen-bond donors (Lipinski definition) is 4. The Morgan fingerprint density at radius 1 is 1.03 bits per heavy atom. The van der Waals surface area contributed by atoms with Gasteiger partial charge in [-0.1, -0.05) is 27.7 Å². The molecule has 11 heteroatoms. The Balaban J connectivity index is 1.96. The van der Waals surface area contributed by atoms with Crippen molar-refractivity contribution >= 4 is 11.8 Å². The van der Waals surface area contributed by atoms with Gasteiger partial charge in [0.2, 0.25) is 0 Å². The van der Waals surface area contributed by atoms with E-state index >= 15 is 0 Å². The molecule has 226 valence electrons. The first-order valence-corrected chi connectivity index (χ1v) is 14.1. The van der Waals surface area contributed by atoms with Gasteiger partial charge < -0.3 is 44.3 Å². The van der Waals surface area contributed by atoms with E-state index in [1.54, 1.807) is 34.6 Å². The van der Waals surface area contributed by atoms with E-state index in [0.29, 0.717) is 6.42 Å². The smallest absolute Gasteiger partial charge is 0.311 e. The van der Waals surface area contributed by atoms with E-state index in [1.165, 1.54) is 13.8 Å². The van der Waals surface area contributed by atoms with Crippen molar-refractivity contribution in [1.29, 1.82) is 0 Å². The number of epoxide rings is 1. The molecule has 0 bridgehead atoms. The van der Waals surface area contributed by atoms with Crippen LogP contribution in [-0.4, -0.2) is 112 Å². The Morgan fingerprint density at radius 3 is 2.21 bits per heavy atom. The number of fused-ring (bicyclic) bond motifs is 1. The fourth-order valence-corrected chi connectivity index (χ4v) is 6.37. The molecule has 3 aliphatic rings. The Morgan fingerprint density at radius 2 is 1.64 bits per heavy atom. The molecule has 11 nitrogen and oxygen atoms in total. The first-order valence-electron chi connectivity index (χ1n) is 14.1. The predicted octanol–water partition coefficient (Wildman–Crippen LogP) is 0.692. The van der Waals surface area contributed by atoms with Crippen molar-refractivity contribution < 1.29 is 49.0 Å². The third-order valence-corrected chi connectivity index (χ3v) is 9.02. The third kappa shape index (κ3) is 7.01. The Bertz CT molecular complexity index is 865. The van der Waals surface area contributed by atoms with Gasteiger partial charge in [-0.25, -0.2) is 0 Å². The highest BCUT2D eigenvalue weighted by molar-refractivity contribution is 5.83. The number of cyclic esters (lactones) is 1. The molecular weight excluding hydrogens is 510 g/mol. The molecule has 0 aromatic carbocycles. The normalized spacial score (nSPS) is 49.1. The minimum absolute atomic E-state index is 0.0358. The van der Waals surface area contributed by atoms with E-state index in [1.807, 2.05) is 19.0 Å². The average Bonchev–Trinajstić information content (AvgIpc) is 3.65. The van der Waals surface area contributed by atoms with E-state index in [4.69, 9.17) is 18.9 Å². The fraction of sp³-hybridized carbons (Fsp3) is 0.929. The van der Waals surface area contributed by atoms with Gasteiger partial charge in [-0.2, -0.15) is 0 Å². The summed E-state index contributed by atoms with van der Waals surface area (Å²) in [5, 5.41) is 44.2. The van der Waals surface area contributed by atoms with Crippen molar-refractivity contribution in [3.63, 3.8) is 0 Å². The molecule has 39 heavy (non-hydrogen) atoms. The topological polar surface area (TPSA) is 159 Å². The summed E-state index contributed by atoms with van der Waals surface area (Å²) in [6, 6.07) is 0.0358. The summed E-state index contributed by atoms with van der Waals surface area (Å²) in [6.45, 7) is 11.1. The summed E-state index contributed by atoms with van der Waals surface area (Å²) in [6.07, 6.45) is -6.56. The van der Waals surface area contributed by atoms with Gasteiger partial charge in [0.1, 0.15) is 18.0 Å². The average molecular weight is 560 g/mol. The van der Waals surface area contributed by atoms with Gasteiger partial charge in [0.15, 0.2) is 12.6 Å². The van der Waals surface area contributed by atoms with Crippen LogP contribution in [0.25, 0.3) is 0 Å². The number of nitrogens with zero attached hydrogens (tertiary/aromatic N) is 1. The second-order valence-electron chi connectivity index (χ2n) is 12.6. The molecule has 0 aliphatic carbocycles. The van der Waals surface area contributed by atoms with Crippen molar-refractivity contribution in [3.8, 4) is 0 Å². The molecule has 0 amide bonds. The molecule has 3 heterocycles. The van der Waals surface area contributed by atoms with Crippen LogP contribution in [0.1, 0.15) is 61.3 Å². The maximum absolute atomic E-state index is 13.5. The molecule has 0 aromatic heterocycles. The van der Waals surface area contributed by atoms with E-state index in [9.17, 15) is 30.0 Å². The third-order valence-electron chi connectivity index (χ3n) is 9.02. The number of Topliss-reactive ketones (excluding diaryl/α,β-unsaturated/α-hetero) is 1. The van der Waals surface area contributed by atoms with Crippen LogP contribution in [-0.2, 0) is 28.5 Å². The molecular formula is C28H49NO10. The van der Waals surface area contributed by atoms with Gasteiger partial charge in [0.05, 0.1) is 35.9 Å². The Labute approximate surface area is 231 Å². The number of esters is 1. The molecule has 0 spiro atoms. The summed E-state index contributed by atoms with van der Waals surface area (Å²) in [5.74, 6) is -5.01. The zero-order chi connectivity index (χ0) is 29.6. The van der Waals surface area contributed by atoms with Gasteiger partial charge >= 0.3 is 5.97 Å². The zero-order valence-corrected chi connectivity index (χ0v) is 24.7. The second kappa shape index (κ2) is 12.4. The van der Waals surface area contributed by atoms with E-state index in [-0.39, 0.29) is 24.3 Å². The van der Waals surface area contributed by atoms with E-state index < -0.39 is 84.3 Å². The first-order chi connectivity index (χ1) is 18.0. The first kappa shape index (κ1) is 32.3. The van der Waals surface area contributed by atoms with Gasteiger partial charge in [0, 0.05) is 36.1 Å². The SMILES string of the molecule is CC(O)[C@H]1OC(=O)[C@H](C)[C@@H](O[C@H]2CC(N(C)C)[C@@H]3OC3O2)[C@H](C)[C@@H](O)[C@](C)(O)C[C@@H](C)C(=O)[C@H](C)[C@@H](O)[C@H]1C. The van der Waals surface area contributed by atoms with Crippen molar-refractivity contribution in [2.75, 3.05) is 14.1 Å². The van der Waals surface area contributed by atoms with Gasteiger partial charge in [-0.15, -0.1) is 0 Å². The van der Waals surface area contributed by atoms with E-state index in [0.717, 1.165) is 0 Å². The number of carbonyl (C=O) groups is 2. The molecule has 0 aromatic rings. The lowest BCUT2D eigenvalue weighted by Crippen LogP contribution is -2.54. The lowest BCUT2D eigenvalue weighted by Gasteiger charge is -2.42. The summed E-state index contributed by atoms with van der Waals surface area (Å²) < 4.78 is 23.6. The highest BCUT2D eigenvalue weighted by Gasteiger charge is 2.54. The lowest BCUT2D eigenvalue weighted by molar-refractivity contribution is -0.240. The monoisotopic (exact) mass is 559 g/mol. The van der Waals surface area contributed by atoms with Gasteiger partial charge in [0.25, 0.3) is 0 Å². The zero-order valence-electron chi connectivity index (χ0n) is 24.7. The number of carbonyl (C=O) groups excluding carboxylic acids is 2. The van der Waals surface area contributed by atoms with Crippen molar-refractivity contribution in [2.45, 2.75) is 122 Å². The van der Waals surface area contributed by atoms with Crippen LogP contribution < -0.4 is 0 Å². The maximum atomic E-state index is 13.5. The number of ether oxygens (including phenoxy) is 4. The predicted molar refractivity (Wildman–Crippen MR) is 140 cm³/mol. The van der Waals surface area contributed by atoms with E-state index in [2.05, 4.69) is 0 Å². The molecule has 0 radical (unpaired) electrons. The highest BCUT2D eigenvalue weighted by atomic mass is 16.8. The molecule has 3 aliphatic heterocycles. The van der Waals surface area contributed by atoms with Crippen molar-refractivity contribution in [2.24, 2.45) is 29.6 Å². The van der Waals surface area contributed by atoms with Crippen LogP contribution in [0.3, 0.4) is 0 Å². The van der Waals surface area contributed by atoms with Crippen LogP contribution in [0.4, 0.5) is 0 Å². The fourth-order valence-electron chi connectivity index (χ4n) is 6.37. The van der Waals surface area contributed by atoms with Gasteiger partial charge in [-0.3, -0.25) is 9.59 Å². The minimum atomic E-state index is -1.70. The summed E-state index contributed by atoms with van der Waals surface area (Å²) >= 11 is 0. The molecule has 4 N–H and O–H groups in total. The van der Waals surface area contributed by atoms with Crippen LogP contribution in [0, 0.1) is 29.6 Å². The molecule has 3 unspecified atom stereocenters. The minimum Gasteiger partial charge on any atom is -0.459 e. The summed E-state index contributed by atoms with van der Waals surface area (Å²) in [4.78, 5) is 28.7. The van der Waals surface area contributed by atoms with Crippen LogP contribution in [0.5, 0.6) is 0 Å². The highest BCUT2D eigenvalue weighted by Crippen LogP contribution is 2.40. The quantitative estimate of drug-likeness (QED) is 0.284. The molecule has 3 saturated heterocycles. The number of aliphatic hydroxyl groups is 4. The number of likely N-dealkylation sites (N-methyl/N-ethyl adjacent to an activating group) is 1. The number of rotatable bonds is 4. The number of aliphatic hydroxyl groups excluding tert-OH is 3. The van der Waals surface area contributed by atoms with Crippen LogP contribution in [0.2, 0.25) is 0 Å². The molecule has 15 atom stereocenters. The van der Waals surface area contributed by atoms with Gasteiger partial charge in [-0.05, 0) is 41.3 Å². The maximum Gasteiger partial charge on any atom is 0.311 e. The Kier molecular flexibility index (Phi) is 10.2. The molecule has 0 saturated carbocycles. The number of hydrogen-bond acceptors (Lipinski definition) is 11. The lowest BCUT2D eigenvalue weighted by atomic mass is 9.75. The van der Waals surface area contributed by atoms with Crippen molar-refractivity contribution in [3.05, 3.63) is 0 Å². The van der Waals surface area contributed by atoms with Crippen molar-refractivity contribution in [1.82, 2.24) is 4.90 Å². The standard InChI is InChI=1S/C28H49NO10/c1-12-11-28(7,35)25(33)15(4)22(36-19-10-18(29(8)9)24-27(37-19)39-24)16(5)26(34)38-23(17(6)30)14(3)21(32)13(2)20(12)31/h12-19,21-25,27,30,32-33,35H,10-11H2,1-9H3/t12-,13+,14-,15+,16-,17?,18?,19-,21-,22+,23+,24+,25-,27?,28-/m1/s1. The van der Waals surface area contributed by atoms with Crippen LogP contribution >= 0.6 is 0 Å².